The Kier molecular flexibility index (Phi) is 7.26. The summed E-state index contributed by atoms with van der Waals surface area (Å²) in [6.07, 6.45) is 0.638. The first-order valence-electron chi connectivity index (χ1n) is 11.3. The highest BCUT2D eigenvalue weighted by Gasteiger charge is 2.25. The maximum Gasteiger partial charge on any atom is 0.257 e. The van der Waals surface area contributed by atoms with Crippen LogP contribution in [0.5, 0.6) is 0 Å². The van der Waals surface area contributed by atoms with Crippen molar-refractivity contribution in [3.05, 3.63) is 98.2 Å². The molecule has 2 heterocycles. The lowest BCUT2D eigenvalue weighted by atomic mass is 10.0. The van der Waals surface area contributed by atoms with E-state index in [1.807, 2.05) is 44.2 Å². The predicted octanol–water partition coefficient (Wildman–Crippen LogP) is 3.89. The van der Waals surface area contributed by atoms with Crippen LogP contribution in [0.1, 0.15) is 48.0 Å². The number of hydrogen-bond donors (Lipinski definition) is 1. The van der Waals surface area contributed by atoms with E-state index in [0.29, 0.717) is 30.4 Å². The lowest BCUT2D eigenvalue weighted by molar-refractivity contribution is -0.121. The van der Waals surface area contributed by atoms with E-state index in [9.17, 15) is 9.59 Å². The summed E-state index contributed by atoms with van der Waals surface area (Å²) in [5.41, 5.74) is 3.67. The molecule has 0 fully saturated rings. The van der Waals surface area contributed by atoms with Crippen molar-refractivity contribution in [3.8, 4) is 0 Å². The lowest BCUT2D eigenvalue weighted by Gasteiger charge is -2.29. The number of carbonyl (C=O) groups excluding carboxylic acids is 1. The first-order chi connectivity index (χ1) is 15.9. The van der Waals surface area contributed by atoms with Crippen molar-refractivity contribution in [2.45, 2.75) is 52.4 Å². The van der Waals surface area contributed by atoms with Crippen LogP contribution in [0.3, 0.4) is 0 Å². The van der Waals surface area contributed by atoms with Gasteiger partial charge in [-0.3, -0.25) is 19.1 Å². The molecule has 0 radical (unpaired) electrons. The molecule has 6 nitrogen and oxygen atoms in total. The summed E-state index contributed by atoms with van der Waals surface area (Å²) in [4.78, 5) is 33.2. The number of halogens is 1. The van der Waals surface area contributed by atoms with Gasteiger partial charge < -0.3 is 5.32 Å². The van der Waals surface area contributed by atoms with Crippen LogP contribution in [0.25, 0.3) is 0 Å². The molecule has 0 aliphatic carbocycles. The van der Waals surface area contributed by atoms with E-state index in [4.69, 9.17) is 16.6 Å². The van der Waals surface area contributed by atoms with Crippen LogP contribution in [0, 0.1) is 0 Å². The van der Waals surface area contributed by atoms with Gasteiger partial charge in [-0.25, -0.2) is 4.98 Å². The van der Waals surface area contributed by atoms with Gasteiger partial charge in [0.05, 0.1) is 5.69 Å². The average molecular weight is 465 g/mol. The zero-order valence-electron chi connectivity index (χ0n) is 19.1. The monoisotopic (exact) mass is 464 g/mol. The standard InChI is InChI=1S/C26H29ClN4O2/c1-18(2)25-29-23-16-30(15-20-6-4-3-5-7-20)13-12-22(23)26(33)31(25)17-24(32)28-14-19-8-10-21(27)11-9-19/h3-11,18H,12-17H2,1-2H3,(H,28,32). The first-order valence-corrected chi connectivity index (χ1v) is 11.7. The topological polar surface area (TPSA) is 67.2 Å². The number of hydrogen-bond acceptors (Lipinski definition) is 4. The maximum atomic E-state index is 13.4. The minimum Gasteiger partial charge on any atom is -0.350 e. The summed E-state index contributed by atoms with van der Waals surface area (Å²) < 4.78 is 1.55. The molecule has 7 heteroatoms. The minimum atomic E-state index is -0.211. The van der Waals surface area contributed by atoms with Gasteiger partial charge in [-0.05, 0) is 29.7 Å². The molecular formula is C26H29ClN4O2. The van der Waals surface area contributed by atoms with Crippen molar-refractivity contribution >= 4 is 17.5 Å². The molecule has 0 atom stereocenters. The Morgan fingerprint density at radius 1 is 1.09 bits per heavy atom. The van der Waals surface area contributed by atoms with Crippen LogP contribution in [0.2, 0.25) is 5.02 Å². The molecular weight excluding hydrogens is 436 g/mol. The Hall–Kier alpha value is -2.96. The van der Waals surface area contributed by atoms with Gasteiger partial charge in [-0.15, -0.1) is 0 Å². The summed E-state index contributed by atoms with van der Waals surface area (Å²) >= 11 is 5.92. The molecule has 0 saturated carbocycles. The number of nitrogens with zero attached hydrogens (tertiary/aromatic N) is 3. The van der Waals surface area contributed by atoms with Crippen LogP contribution in [-0.4, -0.2) is 26.9 Å². The third-order valence-corrected chi connectivity index (χ3v) is 6.15. The summed E-state index contributed by atoms with van der Waals surface area (Å²) in [5.74, 6) is 0.468. The number of rotatable bonds is 7. The number of amides is 1. The molecule has 33 heavy (non-hydrogen) atoms. The van der Waals surface area contributed by atoms with E-state index in [2.05, 4.69) is 22.3 Å². The molecule has 3 aromatic rings. The molecule has 1 aromatic heterocycles. The van der Waals surface area contributed by atoms with Gasteiger partial charge in [-0.1, -0.05) is 67.9 Å². The second kappa shape index (κ2) is 10.3. The fourth-order valence-corrected chi connectivity index (χ4v) is 4.30. The van der Waals surface area contributed by atoms with E-state index < -0.39 is 0 Å². The van der Waals surface area contributed by atoms with Crippen molar-refractivity contribution in [1.82, 2.24) is 19.8 Å². The summed E-state index contributed by atoms with van der Waals surface area (Å²) in [6.45, 7) is 6.62. The highest BCUT2D eigenvalue weighted by molar-refractivity contribution is 6.30. The zero-order chi connectivity index (χ0) is 23.4. The Morgan fingerprint density at radius 3 is 2.52 bits per heavy atom. The Balaban J connectivity index is 1.50. The normalized spacial score (nSPS) is 13.7. The number of fused-ring (bicyclic) bond motifs is 1. The molecule has 1 N–H and O–H groups in total. The fraction of sp³-hybridized carbons (Fsp3) is 0.346. The second-order valence-corrected chi connectivity index (χ2v) is 9.23. The quantitative estimate of drug-likeness (QED) is 0.576. The van der Waals surface area contributed by atoms with Gasteiger partial charge in [0, 0.05) is 42.7 Å². The zero-order valence-corrected chi connectivity index (χ0v) is 19.8. The molecule has 1 aliphatic heterocycles. The highest BCUT2D eigenvalue weighted by Crippen LogP contribution is 2.20. The number of benzene rings is 2. The van der Waals surface area contributed by atoms with Gasteiger partial charge >= 0.3 is 0 Å². The van der Waals surface area contributed by atoms with E-state index in [0.717, 1.165) is 29.9 Å². The summed E-state index contributed by atoms with van der Waals surface area (Å²) in [5, 5.41) is 3.55. The van der Waals surface area contributed by atoms with Crippen LogP contribution in [0.15, 0.2) is 59.4 Å². The van der Waals surface area contributed by atoms with Crippen LogP contribution in [-0.2, 0) is 37.4 Å². The Labute approximate surface area is 199 Å². The van der Waals surface area contributed by atoms with E-state index >= 15 is 0 Å². The maximum absolute atomic E-state index is 13.4. The van der Waals surface area contributed by atoms with Crippen molar-refractivity contribution in [2.24, 2.45) is 0 Å². The summed E-state index contributed by atoms with van der Waals surface area (Å²) in [7, 11) is 0. The predicted molar refractivity (Wildman–Crippen MR) is 130 cm³/mol. The molecule has 0 bridgehead atoms. The van der Waals surface area contributed by atoms with Gasteiger partial charge in [-0.2, -0.15) is 0 Å². The largest absolute Gasteiger partial charge is 0.350 e. The molecule has 1 aliphatic rings. The van der Waals surface area contributed by atoms with Crippen molar-refractivity contribution < 1.29 is 4.79 Å². The molecule has 172 valence electrons. The molecule has 0 spiro atoms. The molecule has 4 rings (SSSR count). The van der Waals surface area contributed by atoms with Gasteiger partial charge in [0.15, 0.2) is 0 Å². The number of aromatic nitrogens is 2. The SMILES string of the molecule is CC(C)c1nc2c(c(=O)n1CC(=O)NCc1ccc(Cl)cc1)CCN(Cc1ccccc1)C2. The fourth-order valence-electron chi connectivity index (χ4n) is 4.17. The van der Waals surface area contributed by atoms with E-state index in [1.165, 1.54) is 5.56 Å². The smallest absolute Gasteiger partial charge is 0.257 e. The van der Waals surface area contributed by atoms with Crippen LogP contribution in [0.4, 0.5) is 0 Å². The number of nitrogens with one attached hydrogen (secondary N) is 1. The molecule has 1 amide bonds. The Bertz CT molecular complexity index is 1170. The Morgan fingerprint density at radius 2 is 1.82 bits per heavy atom. The van der Waals surface area contributed by atoms with E-state index in [-0.39, 0.29) is 23.9 Å². The van der Waals surface area contributed by atoms with Gasteiger partial charge in [0.25, 0.3) is 5.56 Å². The first kappa shape index (κ1) is 23.2. The van der Waals surface area contributed by atoms with Crippen molar-refractivity contribution in [3.63, 3.8) is 0 Å². The lowest BCUT2D eigenvalue weighted by Crippen LogP contribution is -2.41. The third kappa shape index (κ3) is 5.70. The minimum absolute atomic E-state index is 0.0246. The van der Waals surface area contributed by atoms with Crippen LogP contribution >= 0.6 is 11.6 Å². The van der Waals surface area contributed by atoms with E-state index in [1.54, 1.807) is 16.7 Å². The van der Waals surface area contributed by atoms with Gasteiger partial charge in [0.1, 0.15) is 12.4 Å². The van der Waals surface area contributed by atoms with Crippen LogP contribution < -0.4 is 10.9 Å². The number of carbonyl (C=O) groups is 1. The second-order valence-electron chi connectivity index (χ2n) is 8.79. The molecule has 0 unspecified atom stereocenters. The summed E-state index contributed by atoms with van der Waals surface area (Å²) in [6, 6.07) is 17.6. The average Bonchev–Trinajstić information content (AvgIpc) is 2.81. The molecule has 0 saturated heterocycles. The highest BCUT2D eigenvalue weighted by atomic mass is 35.5. The third-order valence-electron chi connectivity index (χ3n) is 5.90. The van der Waals surface area contributed by atoms with Crippen molar-refractivity contribution in [1.29, 1.82) is 0 Å². The molecule has 2 aromatic carbocycles. The van der Waals surface area contributed by atoms with Crippen molar-refractivity contribution in [2.75, 3.05) is 6.54 Å². The van der Waals surface area contributed by atoms with Gasteiger partial charge in [0.2, 0.25) is 5.91 Å².